The Morgan fingerprint density at radius 1 is 1.21 bits per heavy atom. The van der Waals surface area contributed by atoms with Gasteiger partial charge in [0.25, 0.3) is 0 Å². The van der Waals surface area contributed by atoms with Crippen LogP contribution in [0.3, 0.4) is 0 Å². The van der Waals surface area contributed by atoms with E-state index in [1.165, 1.54) is 43.4 Å². The van der Waals surface area contributed by atoms with Gasteiger partial charge in [-0.25, -0.2) is 0 Å². The fourth-order valence-electron chi connectivity index (χ4n) is 3.19. The topological polar surface area (TPSA) is 15.3 Å². The van der Waals surface area contributed by atoms with E-state index >= 15 is 0 Å². The highest BCUT2D eigenvalue weighted by atomic mass is 15.1. The summed E-state index contributed by atoms with van der Waals surface area (Å²) in [6, 6.07) is 10.5. The van der Waals surface area contributed by atoms with Crippen LogP contribution in [0.2, 0.25) is 0 Å². The lowest BCUT2D eigenvalue weighted by Crippen LogP contribution is -2.48. The van der Waals surface area contributed by atoms with Gasteiger partial charge in [0.05, 0.1) is 0 Å². The number of hydrogen-bond donors (Lipinski definition) is 1. The van der Waals surface area contributed by atoms with Crippen molar-refractivity contribution in [3.63, 3.8) is 0 Å². The van der Waals surface area contributed by atoms with Gasteiger partial charge in [0.2, 0.25) is 0 Å². The second kappa shape index (κ2) is 5.64. The van der Waals surface area contributed by atoms with Gasteiger partial charge in [-0.1, -0.05) is 29.8 Å². The van der Waals surface area contributed by atoms with Crippen molar-refractivity contribution in [3.8, 4) is 0 Å². The third kappa shape index (κ3) is 3.37. The Hall–Kier alpha value is -0.860. The summed E-state index contributed by atoms with van der Waals surface area (Å²) >= 11 is 0. The summed E-state index contributed by atoms with van der Waals surface area (Å²) in [5, 5.41) is 3.69. The molecular weight excluding hydrogens is 232 g/mol. The molecule has 2 nitrogen and oxygen atoms in total. The van der Waals surface area contributed by atoms with Crippen LogP contribution in [0.25, 0.3) is 0 Å². The van der Waals surface area contributed by atoms with E-state index in [0.29, 0.717) is 0 Å². The molecule has 2 fully saturated rings. The summed E-state index contributed by atoms with van der Waals surface area (Å²) in [6.45, 7) is 4.50. The molecule has 2 atom stereocenters. The molecule has 2 aliphatic rings. The number of benzene rings is 1. The molecule has 1 aromatic carbocycles. The largest absolute Gasteiger partial charge is 0.314 e. The maximum atomic E-state index is 3.69. The highest BCUT2D eigenvalue weighted by molar-refractivity contribution is 5.22. The van der Waals surface area contributed by atoms with Gasteiger partial charge in [-0.2, -0.15) is 0 Å². The van der Waals surface area contributed by atoms with Crippen LogP contribution >= 0.6 is 0 Å². The summed E-state index contributed by atoms with van der Waals surface area (Å²) in [4.78, 5) is 2.55. The first-order valence-corrected chi connectivity index (χ1v) is 7.71. The molecule has 0 saturated heterocycles. The molecule has 0 radical (unpaired) electrons. The third-order valence-electron chi connectivity index (χ3n) is 4.70. The Bertz CT molecular complexity index is 425. The molecule has 1 aromatic rings. The molecule has 2 heteroatoms. The zero-order valence-electron chi connectivity index (χ0n) is 12.2. The zero-order chi connectivity index (χ0) is 13.2. The number of aryl methyl sites for hydroxylation is 1. The summed E-state index contributed by atoms with van der Waals surface area (Å²) in [5.41, 5.74) is 2.81. The van der Waals surface area contributed by atoms with Crippen molar-refractivity contribution in [2.45, 2.75) is 51.2 Å². The van der Waals surface area contributed by atoms with Crippen molar-refractivity contribution in [1.82, 2.24) is 10.2 Å². The summed E-state index contributed by atoms with van der Waals surface area (Å²) in [7, 11) is 2.29. The van der Waals surface area contributed by atoms with Gasteiger partial charge >= 0.3 is 0 Å². The molecule has 0 spiro atoms. The highest BCUT2D eigenvalue weighted by Crippen LogP contribution is 2.32. The molecule has 1 N–H and O–H groups in total. The van der Waals surface area contributed by atoms with Crippen molar-refractivity contribution in [3.05, 3.63) is 35.4 Å². The molecule has 19 heavy (non-hydrogen) atoms. The predicted molar refractivity (Wildman–Crippen MR) is 80.2 cm³/mol. The van der Waals surface area contributed by atoms with Crippen molar-refractivity contribution in [2.75, 3.05) is 13.6 Å². The van der Waals surface area contributed by atoms with E-state index in [1.54, 1.807) is 0 Å². The lowest BCUT2D eigenvalue weighted by atomic mass is 9.78. The molecule has 0 amide bonds. The lowest BCUT2D eigenvalue weighted by molar-refractivity contribution is 0.0778. The first kappa shape index (κ1) is 13.1. The van der Waals surface area contributed by atoms with Crippen LogP contribution in [0.15, 0.2) is 24.3 Å². The van der Waals surface area contributed by atoms with Crippen LogP contribution in [0.4, 0.5) is 0 Å². The fraction of sp³-hybridized carbons (Fsp3) is 0.647. The van der Waals surface area contributed by atoms with E-state index in [2.05, 4.69) is 48.5 Å². The average molecular weight is 258 g/mol. The Morgan fingerprint density at radius 3 is 2.68 bits per heavy atom. The molecular formula is C17H26N2. The quantitative estimate of drug-likeness (QED) is 0.844. The van der Waals surface area contributed by atoms with Crippen molar-refractivity contribution in [2.24, 2.45) is 5.92 Å². The SMILES string of the molecule is Cc1cccc(CN(C)C2CCC2CNC2CC2)c1. The Labute approximate surface area is 117 Å². The summed E-state index contributed by atoms with van der Waals surface area (Å²) in [6.07, 6.45) is 5.58. The number of rotatable bonds is 6. The van der Waals surface area contributed by atoms with E-state index < -0.39 is 0 Å². The molecule has 3 rings (SSSR count). The monoisotopic (exact) mass is 258 g/mol. The smallest absolute Gasteiger partial charge is 0.0233 e. The standard InChI is InChI=1S/C17H26N2/c1-13-4-3-5-14(10-13)12-19(2)17-9-6-15(17)11-18-16-7-8-16/h3-5,10,15-18H,6-9,11-12H2,1-2H3. The minimum atomic E-state index is 0.784. The third-order valence-corrected chi connectivity index (χ3v) is 4.70. The molecule has 2 unspecified atom stereocenters. The maximum absolute atomic E-state index is 3.69. The van der Waals surface area contributed by atoms with E-state index in [9.17, 15) is 0 Å². The van der Waals surface area contributed by atoms with Crippen LogP contribution in [0.1, 0.15) is 36.8 Å². The van der Waals surface area contributed by atoms with E-state index in [0.717, 1.165) is 24.5 Å². The zero-order valence-corrected chi connectivity index (χ0v) is 12.2. The Morgan fingerprint density at radius 2 is 2.05 bits per heavy atom. The van der Waals surface area contributed by atoms with Gasteiger partial charge < -0.3 is 5.32 Å². The predicted octanol–water partition coefficient (Wildman–Crippen LogP) is 2.96. The van der Waals surface area contributed by atoms with E-state index in [1.807, 2.05) is 0 Å². The van der Waals surface area contributed by atoms with Crippen LogP contribution in [0, 0.1) is 12.8 Å². The van der Waals surface area contributed by atoms with Crippen LogP contribution in [-0.4, -0.2) is 30.6 Å². The summed E-state index contributed by atoms with van der Waals surface area (Å²) < 4.78 is 0. The number of nitrogens with zero attached hydrogens (tertiary/aromatic N) is 1. The normalized spacial score (nSPS) is 26.5. The van der Waals surface area contributed by atoms with Crippen molar-refractivity contribution in [1.29, 1.82) is 0 Å². The van der Waals surface area contributed by atoms with Crippen molar-refractivity contribution < 1.29 is 0 Å². The van der Waals surface area contributed by atoms with Crippen LogP contribution < -0.4 is 5.32 Å². The highest BCUT2D eigenvalue weighted by Gasteiger charge is 2.34. The molecule has 2 aliphatic carbocycles. The first-order valence-electron chi connectivity index (χ1n) is 7.71. The fourth-order valence-corrected chi connectivity index (χ4v) is 3.19. The van der Waals surface area contributed by atoms with Gasteiger partial charge in [-0.15, -0.1) is 0 Å². The van der Waals surface area contributed by atoms with E-state index in [4.69, 9.17) is 0 Å². The molecule has 0 bridgehead atoms. The number of hydrogen-bond acceptors (Lipinski definition) is 2. The maximum Gasteiger partial charge on any atom is 0.0233 e. The summed E-state index contributed by atoms with van der Waals surface area (Å²) in [5.74, 6) is 0.871. The van der Waals surface area contributed by atoms with Gasteiger partial charge in [0.1, 0.15) is 0 Å². The molecule has 0 aromatic heterocycles. The van der Waals surface area contributed by atoms with Gasteiger partial charge in [-0.05, 0) is 57.7 Å². The molecule has 104 valence electrons. The van der Waals surface area contributed by atoms with Gasteiger partial charge in [0.15, 0.2) is 0 Å². The Kier molecular flexibility index (Phi) is 3.90. The van der Waals surface area contributed by atoms with Crippen LogP contribution in [-0.2, 0) is 6.54 Å². The lowest BCUT2D eigenvalue weighted by Gasteiger charge is -2.43. The first-order chi connectivity index (χ1) is 9.22. The molecule has 2 saturated carbocycles. The van der Waals surface area contributed by atoms with E-state index in [-0.39, 0.29) is 0 Å². The molecule has 0 heterocycles. The van der Waals surface area contributed by atoms with Crippen molar-refractivity contribution >= 4 is 0 Å². The second-order valence-electron chi connectivity index (χ2n) is 6.49. The van der Waals surface area contributed by atoms with Gasteiger partial charge in [-0.3, -0.25) is 4.90 Å². The second-order valence-corrected chi connectivity index (χ2v) is 6.49. The minimum absolute atomic E-state index is 0.784. The Balaban J connectivity index is 1.50. The molecule has 0 aliphatic heterocycles. The van der Waals surface area contributed by atoms with Gasteiger partial charge in [0, 0.05) is 18.6 Å². The average Bonchev–Trinajstić information content (AvgIpc) is 3.11. The minimum Gasteiger partial charge on any atom is -0.314 e. The van der Waals surface area contributed by atoms with Crippen LogP contribution in [0.5, 0.6) is 0 Å². The number of nitrogens with one attached hydrogen (secondary N) is 1.